The summed E-state index contributed by atoms with van der Waals surface area (Å²) in [5.74, 6) is -0.221. The van der Waals surface area contributed by atoms with Crippen molar-refractivity contribution in [2.75, 3.05) is 5.32 Å². The van der Waals surface area contributed by atoms with Crippen LogP contribution >= 0.6 is 22.9 Å². The molecule has 1 aromatic heterocycles. The number of hydrogen-bond acceptors (Lipinski definition) is 3. The Hall–Kier alpha value is -1.13. The fourth-order valence-electron chi connectivity index (χ4n) is 1.45. The highest BCUT2D eigenvalue weighted by Crippen LogP contribution is 2.27. The summed E-state index contributed by atoms with van der Waals surface area (Å²) in [5, 5.41) is 2.76. The van der Waals surface area contributed by atoms with Crippen molar-refractivity contribution >= 4 is 44.2 Å². The average molecular weight is 269 g/mol. The van der Waals surface area contributed by atoms with Crippen LogP contribution in [-0.2, 0) is 11.2 Å². The predicted octanol–water partition coefficient (Wildman–Crippen LogP) is 3.42. The van der Waals surface area contributed by atoms with E-state index in [1.165, 1.54) is 16.9 Å². The second kappa shape index (κ2) is 5.02. The molecule has 3 nitrogen and oxygen atoms in total. The number of fused-ring (bicyclic) bond motifs is 1. The van der Waals surface area contributed by atoms with Crippen LogP contribution in [0.3, 0.4) is 0 Å². The summed E-state index contributed by atoms with van der Waals surface area (Å²) in [5.41, 5.74) is 2.18. The number of aryl methyl sites for hydroxylation is 1. The van der Waals surface area contributed by atoms with E-state index in [1.807, 2.05) is 6.07 Å². The number of nitrogens with one attached hydrogen (secondary N) is 1. The zero-order chi connectivity index (χ0) is 12.4. The SMILES string of the molecule is CCc1ccc2nc(NC(=O)[C@H](C)Cl)sc2c1. The van der Waals surface area contributed by atoms with E-state index in [-0.39, 0.29) is 5.91 Å². The molecule has 0 saturated heterocycles. The summed E-state index contributed by atoms with van der Waals surface area (Å²) in [6, 6.07) is 6.13. The van der Waals surface area contributed by atoms with Gasteiger partial charge in [-0.25, -0.2) is 4.98 Å². The first-order valence-corrected chi connectivity index (χ1v) is 6.70. The van der Waals surface area contributed by atoms with Gasteiger partial charge in [0, 0.05) is 0 Å². The highest BCUT2D eigenvalue weighted by atomic mass is 35.5. The van der Waals surface area contributed by atoms with Crippen LogP contribution in [-0.4, -0.2) is 16.3 Å². The van der Waals surface area contributed by atoms with Crippen molar-refractivity contribution in [3.05, 3.63) is 23.8 Å². The number of anilines is 1. The fraction of sp³-hybridized carbons (Fsp3) is 0.333. The number of benzene rings is 1. The highest BCUT2D eigenvalue weighted by Gasteiger charge is 2.12. The number of alkyl halides is 1. The molecule has 0 radical (unpaired) electrons. The molecule has 5 heteroatoms. The number of carbonyl (C=O) groups excluding carboxylic acids is 1. The zero-order valence-corrected chi connectivity index (χ0v) is 11.2. The number of nitrogens with zero attached hydrogens (tertiary/aromatic N) is 1. The minimum atomic E-state index is -0.548. The van der Waals surface area contributed by atoms with E-state index < -0.39 is 5.38 Å². The van der Waals surface area contributed by atoms with Crippen molar-refractivity contribution in [3.63, 3.8) is 0 Å². The zero-order valence-electron chi connectivity index (χ0n) is 9.66. The van der Waals surface area contributed by atoms with Gasteiger partial charge in [0.15, 0.2) is 5.13 Å². The first-order valence-electron chi connectivity index (χ1n) is 5.44. The normalized spacial score (nSPS) is 12.6. The largest absolute Gasteiger partial charge is 0.301 e. The van der Waals surface area contributed by atoms with Crippen molar-refractivity contribution in [1.82, 2.24) is 4.98 Å². The summed E-state index contributed by atoms with van der Waals surface area (Å²) in [6.07, 6.45) is 0.994. The molecule has 0 saturated carbocycles. The number of carbonyl (C=O) groups is 1. The average Bonchev–Trinajstić information content (AvgIpc) is 2.69. The third kappa shape index (κ3) is 2.76. The Labute approximate surface area is 109 Å². The maximum Gasteiger partial charge on any atom is 0.243 e. The van der Waals surface area contributed by atoms with Crippen LogP contribution in [0.4, 0.5) is 5.13 Å². The summed E-state index contributed by atoms with van der Waals surface area (Å²) in [7, 11) is 0. The Morgan fingerprint density at radius 1 is 1.59 bits per heavy atom. The quantitative estimate of drug-likeness (QED) is 0.867. The topological polar surface area (TPSA) is 42.0 Å². The molecule has 0 fully saturated rings. The molecule has 0 aliphatic heterocycles. The molecule has 1 atom stereocenters. The van der Waals surface area contributed by atoms with E-state index in [0.29, 0.717) is 5.13 Å². The number of hydrogen-bond donors (Lipinski definition) is 1. The van der Waals surface area contributed by atoms with E-state index in [9.17, 15) is 4.79 Å². The lowest BCUT2D eigenvalue weighted by Gasteiger charge is -2.01. The molecule has 1 N–H and O–H groups in total. The number of amides is 1. The molecule has 0 unspecified atom stereocenters. The Balaban J connectivity index is 2.28. The van der Waals surface area contributed by atoms with E-state index in [0.717, 1.165) is 16.6 Å². The van der Waals surface area contributed by atoms with Crippen LogP contribution < -0.4 is 5.32 Å². The molecule has 2 rings (SSSR count). The fourth-order valence-corrected chi connectivity index (χ4v) is 2.43. The van der Waals surface area contributed by atoms with Crippen molar-refractivity contribution in [1.29, 1.82) is 0 Å². The lowest BCUT2D eigenvalue weighted by Crippen LogP contribution is -2.19. The van der Waals surface area contributed by atoms with Gasteiger partial charge in [-0.15, -0.1) is 11.6 Å². The van der Waals surface area contributed by atoms with Gasteiger partial charge in [0.1, 0.15) is 5.38 Å². The number of rotatable bonds is 3. The van der Waals surface area contributed by atoms with E-state index in [4.69, 9.17) is 11.6 Å². The Kier molecular flexibility index (Phi) is 3.64. The van der Waals surface area contributed by atoms with Gasteiger partial charge in [0.25, 0.3) is 0 Å². The molecular weight excluding hydrogens is 256 g/mol. The van der Waals surface area contributed by atoms with E-state index in [1.54, 1.807) is 6.92 Å². The van der Waals surface area contributed by atoms with Crippen molar-refractivity contribution in [3.8, 4) is 0 Å². The Morgan fingerprint density at radius 3 is 3.00 bits per heavy atom. The molecule has 0 spiro atoms. The minimum Gasteiger partial charge on any atom is -0.301 e. The summed E-state index contributed by atoms with van der Waals surface area (Å²) in [4.78, 5) is 15.8. The van der Waals surface area contributed by atoms with Gasteiger partial charge < -0.3 is 5.32 Å². The van der Waals surface area contributed by atoms with Crippen LogP contribution in [0.15, 0.2) is 18.2 Å². The van der Waals surface area contributed by atoms with Crippen LogP contribution in [0.5, 0.6) is 0 Å². The molecule has 1 amide bonds. The maximum atomic E-state index is 11.4. The van der Waals surface area contributed by atoms with Crippen LogP contribution in [0.2, 0.25) is 0 Å². The van der Waals surface area contributed by atoms with Gasteiger partial charge in [-0.05, 0) is 31.0 Å². The third-order valence-corrected chi connectivity index (χ3v) is 3.58. The van der Waals surface area contributed by atoms with Crippen LogP contribution in [0, 0.1) is 0 Å². The van der Waals surface area contributed by atoms with Gasteiger partial charge in [-0.3, -0.25) is 4.79 Å². The van der Waals surface area contributed by atoms with Gasteiger partial charge >= 0.3 is 0 Å². The number of thiazole rings is 1. The summed E-state index contributed by atoms with van der Waals surface area (Å²) >= 11 is 7.16. The molecule has 1 heterocycles. The van der Waals surface area contributed by atoms with Crippen LogP contribution in [0.25, 0.3) is 10.2 Å². The van der Waals surface area contributed by atoms with Gasteiger partial charge in [-0.1, -0.05) is 24.3 Å². The molecule has 1 aromatic carbocycles. The summed E-state index contributed by atoms with van der Waals surface area (Å²) in [6.45, 7) is 3.75. The van der Waals surface area contributed by atoms with Gasteiger partial charge in [-0.2, -0.15) is 0 Å². The number of halogens is 1. The van der Waals surface area contributed by atoms with E-state index in [2.05, 4.69) is 29.4 Å². The lowest BCUT2D eigenvalue weighted by molar-refractivity contribution is -0.115. The van der Waals surface area contributed by atoms with Gasteiger partial charge in [0.2, 0.25) is 5.91 Å². The summed E-state index contributed by atoms with van der Waals surface area (Å²) < 4.78 is 1.09. The molecule has 0 aliphatic carbocycles. The van der Waals surface area contributed by atoms with Gasteiger partial charge in [0.05, 0.1) is 10.2 Å². The van der Waals surface area contributed by atoms with E-state index >= 15 is 0 Å². The molecule has 2 aromatic rings. The van der Waals surface area contributed by atoms with Crippen LogP contribution in [0.1, 0.15) is 19.4 Å². The first kappa shape index (κ1) is 12.3. The molecular formula is C12H13ClN2OS. The highest BCUT2D eigenvalue weighted by molar-refractivity contribution is 7.22. The predicted molar refractivity (Wildman–Crippen MR) is 72.9 cm³/mol. The molecule has 17 heavy (non-hydrogen) atoms. The lowest BCUT2D eigenvalue weighted by atomic mass is 10.2. The molecule has 0 bridgehead atoms. The second-order valence-electron chi connectivity index (χ2n) is 3.78. The maximum absolute atomic E-state index is 11.4. The minimum absolute atomic E-state index is 0.221. The molecule has 90 valence electrons. The Bertz CT molecular complexity index is 550. The van der Waals surface area contributed by atoms with Crippen molar-refractivity contribution in [2.45, 2.75) is 25.6 Å². The standard InChI is InChI=1S/C12H13ClN2OS/c1-3-8-4-5-9-10(6-8)17-12(14-9)15-11(16)7(2)13/h4-7H,3H2,1-2H3,(H,14,15,16)/t7-/m0/s1. The second-order valence-corrected chi connectivity index (χ2v) is 5.47. The van der Waals surface area contributed by atoms with Crippen molar-refractivity contribution in [2.24, 2.45) is 0 Å². The Morgan fingerprint density at radius 2 is 2.35 bits per heavy atom. The molecule has 0 aliphatic rings. The first-order chi connectivity index (χ1) is 8.10. The van der Waals surface area contributed by atoms with Crippen molar-refractivity contribution < 1.29 is 4.79 Å². The smallest absolute Gasteiger partial charge is 0.243 e. The monoisotopic (exact) mass is 268 g/mol. The third-order valence-electron chi connectivity index (χ3n) is 2.45. The number of aromatic nitrogens is 1.